The first-order valence-corrected chi connectivity index (χ1v) is 9.88. The number of carbonyl (C=O) groups is 1. The third kappa shape index (κ3) is 6.60. The Labute approximate surface area is 171 Å². The van der Waals surface area contributed by atoms with Crippen molar-refractivity contribution < 1.29 is 9.53 Å². The molecule has 0 saturated heterocycles. The minimum absolute atomic E-state index is 0.272. The van der Waals surface area contributed by atoms with E-state index in [1.54, 1.807) is 18.3 Å². The van der Waals surface area contributed by atoms with Crippen molar-refractivity contribution in [1.82, 2.24) is 9.97 Å². The van der Waals surface area contributed by atoms with E-state index in [4.69, 9.17) is 4.74 Å². The van der Waals surface area contributed by atoms with Crippen LogP contribution in [0.4, 0.5) is 11.5 Å². The van der Waals surface area contributed by atoms with E-state index >= 15 is 0 Å². The molecule has 6 nitrogen and oxygen atoms in total. The fraction of sp³-hybridized carbons (Fsp3) is 0.261. The Morgan fingerprint density at radius 3 is 2.45 bits per heavy atom. The van der Waals surface area contributed by atoms with E-state index in [0.717, 1.165) is 24.3 Å². The molecule has 2 aromatic carbocycles. The lowest BCUT2D eigenvalue weighted by Crippen LogP contribution is -2.14. The normalized spacial score (nSPS) is 10.4. The van der Waals surface area contributed by atoms with Crippen LogP contribution in [0.3, 0.4) is 0 Å². The Balaban J connectivity index is 1.48. The predicted molar refractivity (Wildman–Crippen MR) is 115 cm³/mol. The van der Waals surface area contributed by atoms with E-state index < -0.39 is 0 Å². The summed E-state index contributed by atoms with van der Waals surface area (Å²) in [5.41, 5.74) is 2.05. The maximum absolute atomic E-state index is 12.4. The Hall–Kier alpha value is -3.41. The number of amides is 1. The number of aromatic nitrogens is 2. The molecule has 29 heavy (non-hydrogen) atoms. The van der Waals surface area contributed by atoms with E-state index in [2.05, 4.69) is 27.5 Å². The SMILES string of the molecule is CCCCCNc1cnc(C(=O)Nc2ccc(OCc3ccccc3)cc2)cn1. The molecule has 0 fully saturated rings. The standard InChI is InChI=1S/C23H26N4O2/c1-2-3-7-14-24-22-16-25-21(15-26-22)23(28)27-19-10-12-20(13-11-19)29-17-18-8-5-4-6-9-18/h4-6,8-13,15-16H,2-3,7,14,17H2,1H3,(H,24,26)(H,27,28). The lowest BCUT2D eigenvalue weighted by atomic mass is 10.2. The average Bonchev–Trinajstić information content (AvgIpc) is 2.77. The maximum atomic E-state index is 12.4. The van der Waals surface area contributed by atoms with Gasteiger partial charge in [-0.25, -0.2) is 9.97 Å². The van der Waals surface area contributed by atoms with Crippen LogP contribution in [0.2, 0.25) is 0 Å². The van der Waals surface area contributed by atoms with Gasteiger partial charge in [0.15, 0.2) is 0 Å². The quantitative estimate of drug-likeness (QED) is 0.481. The van der Waals surface area contributed by atoms with Crippen molar-refractivity contribution in [3.63, 3.8) is 0 Å². The zero-order valence-corrected chi connectivity index (χ0v) is 16.6. The lowest BCUT2D eigenvalue weighted by molar-refractivity contribution is 0.102. The second-order valence-electron chi connectivity index (χ2n) is 6.67. The first-order valence-electron chi connectivity index (χ1n) is 9.88. The van der Waals surface area contributed by atoms with E-state index in [0.29, 0.717) is 18.1 Å². The summed E-state index contributed by atoms with van der Waals surface area (Å²) in [7, 11) is 0. The van der Waals surface area contributed by atoms with Crippen LogP contribution in [0.5, 0.6) is 5.75 Å². The van der Waals surface area contributed by atoms with Crippen LogP contribution in [0, 0.1) is 0 Å². The van der Waals surface area contributed by atoms with Crippen molar-refractivity contribution in [2.24, 2.45) is 0 Å². The molecule has 1 amide bonds. The van der Waals surface area contributed by atoms with Gasteiger partial charge in [-0.05, 0) is 36.2 Å². The number of benzene rings is 2. The molecule has 1 heterocycles. The fourth-order valence-corrected chi connectivity index (χ4v) is 2.70. The van der Waals surface area contributed by atoms with Crippen LogP contribution < -0.4 is 15.4 Å². The van der Waals surface area contributed by atoms with E-state index in [1.807, 2.05) is 42.5 Å². The molecule has 0 aliphatic heterocycles. The van der Waals surface area contributed by atoms with Crippen LogP contribution in [0.15, 0.2) is 67.0 Å². The number of carbonyl (C=O) groups excluding carboxylic acids is 1. The number of hydrogen-bond donors (Lipinski definition) is 2. The molecule has 0 aliphatic rings. The van der Waals surface area contributed by atoms with Crippen molar-refractivity contribution >= 4 is 17.4 Å². The Bertz CT molecular complexity index is 881. The summed E-state index contributed by atoms with van der Waals surface area (Å²) < 4.78 is 5.76. The van der Waals surface area contributed by atoms with Gasteiger partial charge in [0.1, 0.15) is 23.9 Å². The predicted octanol–water partition coefficient (Wildman–Crippen LogP) is 4.91. The third-order valence-electron chi connectivity index (χ3n) is 4.33. The monoisotopic (exact) mass is 390 g/mol. The first kappa shape index (κ1) is 20.3. The first-order chi connectivity index (χ1) is 14.2. The Kier molecular flexibility index (Phi) is 7.57. The van der Waals surface area contributed by atoms with Crippen LogP contribution in [-0.4, -0.2) is 22.4 Å². The van der Waals surface area contributed by atoms with Crippen LogP contribution in [0.25, 0.3) is 0 Å². The second kappa shape index (κ2) is 10.8. The Morgan fingerprint density at radius 1 is 0.966 bits per heavy atom. The van der Waals surface area contributed by atoms with E-state index in [-0.39, 0.29) is 11.6 Å². The molecule has 0 atom stereocenters. The van der Waals surface area contributed by atoms with Crippen molar-refractivity contribution in [3.8, 4) is 5.75 Å². The maximum Gasteiger partial charge on any atom is 0.275 e. The van der Waals surface area contributed by atoms with Gasteiger partial charge in [0, 0.05) is 12.2 Å². The van der Waals surface area contributed by atoms with Crippen LogP contribution in [-0.2, 0) is 6.61 Å². The van der Waals surface area contributed by atoms with Gasteiger partial charge in [0.05, 0.1) is 12.4 Å². The smallest absolute Gasteiger partial charge is 0.275 e. The highest BCUT2D eigenvalue weighted by molar-refractivity contribution is 6.02. The molecular weight excluding hydrogens is 364 g/mol. The van der Waals surface area contributed by atoms with Gasteiger partial charge < -0.3 is 15.4 Å². The summed E-state index contributed by atoms with van der Waals surface area (Å²) >= 11 is 0. The van der Waals surface area contributed by atoms with Gasteiger partial charge in [0.2, 0.25) is 0 Å². The highest BCUT2D eigenvalue weighted by Gasteiger charge is 2.09. The number of rotatable bonds is 10. The Morgan fingerprint density at radius 2 is 1.76 bits per heavy atom. The molecule has 3 rings (SSSR count). The third-order valence-corrected chi connectivity index (χ3v) is 4.33. The largest absolute Gasteiger partial charge is 0.489 e. The highest BCUT2D eigenvalue weighted by atomic mass is 16.5. The van der Waals surface area contributed by atoms with Gasteiger partial charge >= 0.3 is 0 Å². The number of ether oxygens (including phenoxy) is 1. The minimum Gasteiger partial charge on any atom is -0.489 e. The number of hydrogen-bond acceptors (Lipinski definition) is 5. The zero-order valence-electron chi connectivity index (χ0n) is 16.6. The number of nitrogens with one attached hydrogen (secondary N) is 2. The fourth-order valence-electron chi connectivity index (χ4n) is 2.70. The van der Waals surface area contributed by atoms with Gasteiger partial charge in [-0.1, -0.05) is 50.1 Å². The van der Waals surface area contributed by atoms with Gasteiger partial charge in [-0.2, -0.15) is 0 Å². The van der Waals surface area contributed by atoms with E-state index in [9.17, 15) is 4.79 Å². The molecule has 0 radical (unpaired) electrons. The van der Waals surface area contributed by atoms with Gasteiger partial charge in [-0.3, -0.25) is 4.79 Å². The summed E-state index contributed by atoms with van der Waals surface area (Å²) in [6.07, 6.45) is 6.51. The van der Waals surface area contributed by atoms with Crippen molar-refractivity contribution in [2.75, 3.05) is 17.2 Å². The minimum atomic E-state index is -0.298. The van der Waals surface area contributed by atoms with Crippen LogP contribution >= 0.6 is 0 Å². The summed E-state index contributed by atoms with van der Waals surface area (Å²) in [4.78, 5) is 20.8. The molecule has 2 N–H and O–H groups in total. The molecule has 0 aliphatic carbocycles. The molecule has 0 spiro atoms. The van der Waals surface area contributed by atoms with Crippen molar-refractivity contribution in [2.45, 2.75) is 32.8 Å². The van der Waals surface area contributed by atoms with Gasteiger partial charge in [0.25, 0.3) is 5.91 Å². The summed E-state index contributed by atoms with van der Waals surface area (Å²) in [5, 5.41) is 6.03. The summed E-state index contributed by atoms with van der Waals surface area (Å²) in [6, 6.07) is 17.2. The molecule has 6 heteroatoms. The zero-order chi connectivity index (χ0) is 20.3. The number of nitrogens with zero attached hydrogens (tertiary/aromatic N) is 2. The van der Waals surface area contributed by atoms with E-state index in [1.165, 1.54) is 19.0 Å². The molecule has 0 bridgehead atoms. The highest BCUT2D eigenvalue weighted by Crippen LogP contribution is 2.17. The van der Waals surface area contributed by atoms with Crippen LogP contribution in [0.1, 0.15) is 42.2 Å². The van der Waals surface area contributed by atoms with Crippen molar-refractivity contribution in [1.29, 1.82) is 0 Å². The molecule has 0 unspecified atom stereocenters. The molecule has 150 valence electrons. The molecule has 0 saturated carbocycles. The topological polar surface area (TPSA) is 76.1 Å². The van der Waals surface area contributed by atoms with Gasteiger partial charge in [-0.15, -0.1) is 0 Å². The molecular formula is C23H26N4O2. The number of anilines is 2. The summed E-state index contributed by atoms with van der Waals surface area (Å²) in [5.74, 6) is 1.12. The average molecular weight is 390 g/mol. The lowest BCUT2D eigenvalue weighted by Gasteiger charge is -2.09. The number of unbranched alkanes of at least 4 members (excludes halogenated alkanes) is 2. The van der Waals surface area contributed by atoms with Crippen molar-refractivity contribution in [3.05, 3.63) is 78.2 Å². The molecule has 3 aromatic rings. The second-order valence-corrected chi connectivity index (χ2v) is 6.67. The molecule has 1 aromatic heterocycles. The summed E-state index contributed by atoms with van der Waals surface area (Å²) in [6.45, 7) is 3.52.